The molecule has 12 heavy (non-hydrogen) atoms. The molecule has 0 aromatic carbocycles. The molecule has 3 heteroatoms. The number of pyridine rings is 1. The van der Waals surface area contributed by atoms with E-state index in [1.54, 1.807) is 6.20 Å². The largest absolute Gasteiger partial charge is 0.356 e. The Labute approximate surface area is 72.3 Å². The molecular weight excluding hydrogens is 154 g/mol. The zero-order chi connectivity index (χ0) is 8.65. The molecule has 0 spiro atoms. The Kier molecular flexibility index (Phi) is 4.34. The van der Waals surface area contributed by atoms with Gasteiger partial charge >= 0.3 is 0 Å². The highest BCUT2D eigenvalue weighted by molar-refractivity contribution is 5.01. The predicted molar refractivity (Wildman–Crippen MR) is 45.5 cm³/mol. The number of hydrogen-bond acceptors (Lipinski definition) is 3. The normalized spacial score (nSPS) is 10.1. The maximum Gasteiger partial charge on any atom is 0.147 e. The molecule has 0 atom stereocenters. The van der Waals surface area contributed by atoms with Crippen LogP contribution in [-0.4, -0.2) is 18.4 Å². The van der Waals surface area contributed by atoms with Gasteiger partial charge in [0.05, 0.1) is 12.3 Å². The van der Waals surface area contributed by atoms with Crippen molar-refractivity contribution in [3.63, 3.8) is 0 Å². The van der Waals surface area contributed by atoms with Crippen LogP contribution in [0.25, 0.3) is 0 Å². The molecule has 0 unspecified atom stereocenters. The van der Waals surface area contributed by atoms with Crippen LogP contribution in [0, 0.1) is 0 Å². The molecule has 0 fully saturated rings. The summed E-state index contributed by atoms with van der Waals surface area (Å²) in [5.41, 5.74) is 0.928. The average Bonchev–Trinajstić information content (AvgIpc) is 2.14. The van der Waals surface area contributed by atoms with Crippen molar-refractivity contribution in [2.24, 2.45) is 0 Å². The summed E-state index contributed by atoms with van der Waals surface area (Å²) in [5, 5.41) is 0. The molecule has 0 aliphatic heterocycles. The number of nitrogens with zero attached hydrogens (tertiary/aromatic N) is 1. The molecule has 0 N–H and O–H groups in total. The Morgan fingerprint density at radius 3 is 2.92 bits per heavy atom. The van der Waals surface area contributed by atoms with Gasteiger partial charge in [0, 0.05) is 12.8 Å². The summed E-state index contributed by atoms with van der Waals surface area (Å²) in [4.78, 5) is 4.10. The SMILES string of the molecule is CCOCOCc1ccccn1. The number of aromatic nitrogens is 1. The highest BCUT2D eigenvalue weighted by Crippen LogP contribution is 1.95. The molecule has 0 saturated heterocycles. The Bertz CT molecular complexity index is 201. The summed E-state index contributed by atoms with van der Waals surface area (Å²) in [6.07, 6.45) is 1.75. The number of hydrogen-bond donors (Lipinski definition) is 0. The Balaban J connectivity index is 2.16. The fraction of sp³-hybridized carbons (Fsp3) is 0.444. The minimum absolute atomic E-state index is 0.340. The van der Waals surface area contributed by atoms with Crippen LogP contribution < -0.4 is 0 Å². The minimum Gasteiger partial charge on any atom is -0.356 e. The van der Waals surface area contributed by atoms with E-state index in [4.69, 9.17) is 9.47 Å². The summed E-state index contributed by atoms with van der Waals surface area (Å²) in [6.45, 7) is 3.47. The lowest BCUT2D eigenvalue weighted by Gasteiger charge is -2.02. The molecule has 1 heterocycles. The first kappa shape index (κ1) is 9.16. The second-order valence-electron chi connectivity index (χ2n) is 2.28. The molecule has 0 saturated carbocycles. The van der Waals surface area contributed by atoms with Crippen molar-refractivity contribution in [1.82, 2.24) is 4.98 Å². The number of rotatable bonds is 5. The van der Waals surface area contributed by atoms with E-state index in [0.29, 0.717) is 20.0 Å². The third-order valence-electron chi connectivity index (χ3n) is 1.35. The molecule has 66 valence electrons. The molecule has 1 aromatic rings. The van der Waals surface area contributed by atoms with Crippen LogP contribution >= 0.6 is 0 Å². The summed E-state index contributed by atoms with van der Waals surface area (Å²) >= 11 is 0. The van der Waals surface area contributed by atoms with Crippen molar-refractivity contribution in [1.29, 1.82) is 0 Å². The Hall–Kier alpha value is -0.930. The van der Waals surface area contributed by atoms with Gasteiger partial charge in [0.2, 0.25) is 0 Å². The third-order valence-corrected chi connectivity index (χ3v) is 1.35. The van der Waals surface area contributed by atoms with Gasteiger partial charge in [-0.2, -0.15) is 0 Å². The van der Waals surface area contributed by atoms with Gasteiger partial charge in [-0.15, -0.1) is 0 Å². The molecule has 0 amide bonds. The molecule has 0 bridgehead atoms. The van der Waals surface area contributed by atoms with Crippen molar-refractivity contribution in [2.75, 3.05) is 13.4 Å². The summed E-state index contributed by atoms with van der Waals surface area (Å²) in [6, 6.07) is 5.74. The van der Waals surface area contributed by atoms with Crippen LogP contribution in [0.5, 0.6) is 0 Å². The third kappa shape index (κ3) is 3.46. The highest BCUT2D eigenvalue weighted by Gasteiger charge is 1.91. The first-order valence-electron chi connectivity index (χ1n) is 3.99. The summed E-state index contributed by atoms with van der Waals surface area (Å²) in [5.74, 6) is 0. The van der Waals surface area contributed by atoms with E-state index in [-0.39, 0.29) is 0 Å². The zero-order valence-corrected chi connectivity index (χ0v) is 7.19. The van der Waals surface area contributed by atoms with E-state index in [2.05, 4.69) is 4.98 Å². The smallest absolute Gasteiger partial charge is 0.147 e. The van der Waals surface area contributed by atoms with Gasteiger partial charge in [-0.3, -0.25) is 4.98 Å². The zero-order valence-electron chi connectivity index (χ0n) is 7.19. The van der Waals surface area contributed by atoms with Crippen molar-refractivity contribution in [3.05, 3.63) is 30.1 Å². The fourth-order valence-electron chi connectivity index (χ4n) is 0.772. The van der Waals surface area contributed by atoms with E-state index in [1.165, 1.54) is 0 Å². The lowest BCUT2D eigenvalue weighted by molar-refractivity contribution is -0.0580. The minimum atomic E-state index is 0.340. The van der Waals surface area contributed by atoms with Crippen LogP contribution in [0.1, 0.15) is 12.6 Å². The van der Waals surface area contributed by atoms with Crippen LogP contribution in [0.3, 0.4) is 0 Å². The molecular formula is C9H13NO2. The van der Waals surface area contributed by atoms with E-state index >= 15 is 0 Å². The molecule has 3 nitrogen and oxygen atoms in total. The monoisotopic (exact) mass is 167 g/mol. The van der Waals surface area contributed by atoms with Crippen molar-refractivity contribution < 1.29 is 9.47 Å². The summed E-state index contributed by atoms with van der Waals surface area (Å²) < 4.78 is 10.2. The van der Waals surface area contributed by atoms with Crippen molar-refractivity contribution in [2.45, 2.75) is 13.5 Å². The van der Waals surface area contributed by atoms with Gasteiger partial charge < -0.3 is 9.47 Å². The van der Waals surface area contributed by atoms with E-state index in [1.807, 2.05) is 25.1 Å². The van der Waals surface area contributed by atoms with Gasteiger partial charge in [-0.05, 0) is 19.1 Å². The summed E-state index contributed by atoms with van der Waals surface area (Å²) in [7, 11) is 0. The van der Waals surface area contributed by atoms with Crippen molar-refractivity contribution >= 4 is 0 Å². The Morgan fingerprint density at radius 1 is 1.33 bits per heavy atom. The van der Waals surface area contributed by atoms with E-state index in [9.17, 15) is 0 Å². The van der Waals surface area contributed by atoms with Crippen molar-refractivity contribution in [3.8, 4) is 0 Å². The quantitative estimate of drug-likeness (QED) is 0.493. The molecule has 0 aliphatic rings. The lowest BCUT2D eigenvalue weighted by Crippen LogP contribution is -2.00. The first-order valence-corrected chi connectivity index (χ1v) is 3.99. The molecule has 1 rings (SSSR count). The second kappa shape index (κ2) is 5.69. The molecule has 1 aromatic heterocycles. The van der Waals surface area contributed by atoms with Gasteiger partial charge in [-0.1, -0.05) is 6.07 Å². The van der Waals surface area contributed by atoms with Gasteiger partial charge in [0.15, 0.2) is 0 Å². The van der Waals surface area contributed by atoms with E-state index < -0.39 is 0 Å². The van der Waals surface area contributed by atoms with Crippen LogP contribution in [0.2, 0.25) is 0 Å². The van der Waals surface area contributed by atoms with Gasteiger partial charge in [0.25, 0.3) is 0 Å². The predicted octanol–water partition coefficient (Wildman–Crippen LogP) is 1.59. The standard InChI is InChI=1S/C9H13NO2/c1-2-11-8-12-7-9-5-3-4-6-10-9/h3-6H,2,7-8H2,1H3. The maximum absolute atomic E-state index is 5.18. The average molecular weight is 167 g/mol. The van der Waals surface area contributed by atoms with Gasteiger partial charge in [0.1, 0.15) is 6.79 Å². The highest BCUT2D eigenvalue weighted by atomic mass is 16.7. The second-order valence-corrected chi connectivity index (χ2v) is 2.28. The van der Waals surface area contributed by atoms with E-state index in [0.717, 1.165) is 5.69 Å². The lowest BCUT2D eigenvalue weighted by atomic mass is 10.4. The first-order chi connectivity index (χ1) is 5.93. The van der Waals surface area contributed by atoms with Crippen LogP contribution in [0.15, 0.2) is 24.4 Å². The van der Waals surface area contributed by atoms with Gasteiger partial charge in [-0.25, -0.2) is 0 Å². The Morgan fingerprint density at radius 2 is 2.25 bits per heavy atom. The van der Waals surface area contributed by atoms with Crippen LogP contribution in [0.4, 0.5) is 0 Å². The number of ether oxygens (including phenoxy) is 2. The van der Waals surface area contributed by atoms with Crippen LogP contribution in [-0.2, 0) is 16.1 Å². The fourth-order valence-corrected chi connectivity index (χ4v) is 0.772. The topological polar surface area (TPSA) is 31.4 Å². The maximum atomic E-state index is 5.18. The molecule has 0 radical (unpaired) electrons. The molecule has 0 aliphatic carbocycles.